The highest BCUT2D eigenvalue weighted by molar-refractivity contribution is 6.05. The van der Waals surface area contributed by atoms with Crippen molar-refractivity contribution in [2.75, 3.05) is 19.0 Å². The zero-order valence-electron chi connectivity index (χ0n) is 15.5. The predicted octanol–water partition coefficient (Wildman–Crippen LogP) is 3.59. The summed E-state index contributed by atoms with van der Waals surface area (Å²) in [7, 11) is 3.94. The van der Waals surface area contributed by atoms with Crippen LogP contribution in [0, 0.1) is 5.92 Å². The van der Waals surface area contributed by atoms with Gasteiger partial charge in [-0.05, 0) is 55.2 Å². The number of rotatable bonds is 3. The third-order valence-corrected chi connectivity index (χ3v) is 5.43. The summed E-state index contributed by atoms with van der Waals surface area (Å²) in [5.74, 6) is -1.22. The topological polar surface area (TPSA) is 62.5 Å². The molecule has 0 saturated carbocycles. The SMILES string of the molecule is CN(C)c1ccc2c(c1)c1c(n2C(=O)c2ccccc2)CCC(C(=O)O)C1. The van der Waals surface area contributed by atoms with Crippen LogP contribution in [-0.4, -0.2) is 35.6 Å². The van der Waals surface area contributed by atoms with Crippen molar-refractivity contribution in [3.63, 3.8) is 0 Å². The predicted molar refractivity (Wildman–Crippen MR) is 106 cm³/mol. The highest BCUT2D eigenvalue weighted by atomic mass is 16.4. The molecule has 0 fully saturated rings. The van der Waals surface area contributed by atoms with E-state index in [4.69, 9.17) is 0 Å². The molecular formula is C22H22N2O3. The van der Waals surface area contributed by atoms with Crippen LogP contribution in [0.4, 0.5) is 5.69 Å². The van der Waals surface area contributed by atoms with Gasteiger partial charge in [0.15, 0.2) is 0 Å². The van der Waals surface area contributed by atoms with Gasteiger partial charge < -0.3 is 10.0 Å². The Morgan fingerprint density at radius 1 is 1.11 bits per heavy atom. The van der Waals surface area contributed by atoms with Crippen molar-refractivity contribution in [1.29, 1.82) is 0 Å². The highest BCUT2D eigenvalue weighted by Gasteiger charge is 2.31. The van der Waals surface area contributed by atoms with Crippen LogP contribution < -0.4 is 4.90 Å². The average molecular weight is 362 g/mol. The quantitative estimate of drug-likeness (QED) is 0.773. The first-order chi connectivity index (χ1) is 13.0. The number of hydrogen-bond acceptors (Lipinski definition) is 3. The van der Waals surface area contributed by atoms with Crippen molar-refractivity contribution in [1.82, 2.24) is 4.57 Å². The smallest absolute Gasteiger partial charge is 0.306 e. The lowest BCUT2D eigenvalue weighted by Crippen LogP contribution is -2.24. The lowest BCUT2D eigenvalue weighted by Gasteiger charge is -2.20. The zero-order valence-corrected chi connectivity index (χ0v) is 15.5. The summed E-state index contributed by atoms with van der Waals surface area (Å²) in [5, 5.41) is 10.5. The van der Waals surface area contributed by atoms with Crippen molar-refractivity contribution in [3.8, 4) is 0 Å². The fourth-order valence-electron chi connectivity index (χ4n) is 3.98. The minimum Gasteiger partial charge on any atom is -0.481 e. The van der Waals surface area contributed by atoms with Gasteiger partial charge in [-0.3, -0.25) is 14.2 Å². The monoisotopic (exact) mass is 362 g/mol. The van der Waals surface area contributed by atoms with E-state index in [2.05, 4.69) is 6.07 Å². The maximum absolute atomic E-state index is 13.3. The van der Waals surface area contributed by atoms with E-state index >= 15 is 0 Å². The summed E-state index contributed by atoms with van der Waals surface area (Å²) < 4.78 is 1.79. The molecule has 1 aliphatic carbocycles. The third-order valence-electron chi connectivity index (χ3n) is 5.43. The molecular weight excluding hydrogens is 340 g/mol. The fraction of sp³-hybridized carbons (Fsp3) is 0.273. The Morgan fingerprint density at radius 3 is 2.52 bits per heavy atom. The molecule has 0 spiro atoms. The van der Waals surface area contributed by atoms with E-state index in [-0.39, 0.29) is 5.91 Å². The number of anilines is 1. The molecule has 3 aromatic rings. The molecule has 1 aliphatic rings. The summed E-state index contributed by atoms with van der Waals surface area (Å²) in [6, 6.07) is 15.3. The molecule has 5 heteroatoms. The first-order valence-electron chi connectivity index (χ1n) is 9.13. The number of nitrogens with zero attached hydrogens (tertiary/aromatic N) is 2. The molecule has 0 radical (unpaired) electrons. The van der Waals surface area contributed by atoms with Crippen LogP contribution in [0.1, 0.15) is 28.0 Å². The Hall–Kier alpha value is -3.08. The van der Waals surface area contributed by atoms with Crippen LogP contribution in [0.2, 0.25) is 0 Å². The van der Waals surface area contributed by atoms with E-state index in [9.17, 15) is 14.7 Å². The highest BCUT2D eigenvalue weighted by Crippen LogP contribution is 2.36. The molecule has 0 aliphatic heterocycles. The largest absolute Gasteiger partial charge is 0.481 e. The van der Waals surface area contributed by atoms with E-state index in [0.29, 0.717) is 24.8 Å². The summed E-state index contributed by atoms with van der Waals surface area (Å²) in [6.07, 6.45) is 1.62. The minimum atomic E-state index is -0.764. The normalized spacial score (nSPS) is 16.1. The fourth-order valence-corrected chi connectivity index (χ4v) is 3.98. The molecule has 4 rings (SSSR count). The maximum Gasteiger partial charge on any atom is 0.306 e. The van der Waals surface area contributed by atoms with E-state index in [0.717, 1.165) is 27.8 Å². The molecule has 27 heavy (non-hydrogen) atoms. The summed E-state index contributed by atoms with van der Waals surface area (Å²) >= 11 is 0. The lowest BCUT2D eigenvalue weighted by atomic mass is 9.86. The molecule has 0 bridgehead atoms. The van der Waals surface area contributed by atoms with Gasteiger partial charge in [-0.2, -0.15) is 0 Å². The van der Waals surface area contributed by atoms with Crippen LogP contribution >= 0.6 is 0 Å². The van der Waals surface area contributed by atoms with Crippen LogP contribution in [-0.2, 0) is 17.6 Å². The average Bonchev–Trinajstić information content (AvgIpc) is 3.01. The number of hydrogen-bond donors (Lipinski definition) is 1. The van der Waals surface area contributed by atoms with Crippen molar-refractivity contribution in [3.05, 3.63) is 65.4 Å². The second kappa shape index (κ2) is 6.58. The molecule has 0 amide bonds. The number of aromatic nitrogens is 1. The maximum atomic E-state index is 13.3. The van der Waals surface area contributed by atoms with E-state index in [1.54, 1.807) is 4.57 Å². The molecule has 1 atom stereocenters. The van der Waals surface area contributed by atoms with Gasteiger partial charge in [0, 0.05) is 36.4 Å². The van der Waals surface area contributed by atoms with Gasteiger partial charge in [0.2, 0.25) is 0 Å². The molecule has 1 unspecified atom stereocenters. The Morgan fingerprint density at radius 2 is 1.85 bits per heavy atom. The number of carboxylic acids is 1. The number of aliphatic carboxylic acids is 1. The minimum absolute atomic E-state index is 0.0618. The zero-order chi connectivity index (χ0) is 19.1. The number of fused-ring (bicyclic) bond motifs is 3. The van der Waals surface area contributed by atoms with Gasteiger partial charge >= 0.3 is 5.97 Å². The number of benzene rings is 2. The number of carboxylic acid groups (broad SMARTS) is 1. The lowest BCUT2D eigenvalue weighted by molar-refractivity contribution is -0.142. The van der Waals surface area contributed by atoms with E-state index < -0.39 is 11.9 Å². The molecule has 138 valence electrons. The van der Waals surface area contributed by atoms with Gasteiger partial charge in [0.05, 0.1) is 11.4 Å². The van der Waals surface area contributed by atoms with Crippen molar-refractivity contribution < 1.29 is 14.7 Å². The summed E-state index contributed by atoms with van der Waals surface area (Å²) in [4.78, 5) is 26.8. The van der Waals surface area contributed by atoms with Gasteiger partial charge in [0.1, 0.15) is 0 Å². The third kappa shape index (κ3) is 2.89. The molecule has 1 aromatic heterocycles. The second-order valence-electron chi connectivity index (χ2n) is 7.31. The number of carbonyl (C=O) groups is 2. The Labute approximate surface area is 157 Å². The van der Waals surface area contributed by atoms with Crippen LogP contribution in [0.15, 0.2) is 48.5 Å². The molecule has 5 nitrogen and oxygen atoms in total. The first kappa shape index (κ1) is 17.3. The standard InChI is InChI=1S/C22H22N2O3/c1-23(2)16-9-11-20-18(13-16)17-12-15(22(26)27)8-10-19(17)24(20)21(25)14-6-4-3-5-7-14/h3-7,9,11,13,15H,8,10,12H2,1-2H3,(H,26,27). The summed E-state index contributed by atoms with van der Waals surface area (Å²) in [6.45, 7) is 0. The summed E-state index contributed by atoms with van der Waals surface area (Å²) in [5.41, 5.74) is 4.47. The second-order valence-corrected chi connectivity index (χ2v) is 7.31. The van der Waals surface area contributed by atoms with Crippen molar-refractivity contribution >= 4 is 28.5 Å². The molecule has 2 aromatic carbocycles. The Bertz CT molecular complexity index is 1030. The Balaban J connectivity index is 1.94. The first-order valence-corrected chi connectivity index (χ1v) is 9.13. The van der Waals surface area contributed by atoms with Crippen molar-refractivity contribution in [2.45, 2.75) is 19.3 Å². The van der Waals surface area contributed by atoms with Crippen LogP contribution in [0.5, 0.6) is 0 Å². The number of carbonyl (C=O) groups excluding carboxylic acids is 1. The van der Waals surface area contributed by atoms with Crippen LogP contribution in [0.25, 0.3) is 10.9 Å². The van der Waals surface area contributed by atoms with Gasteiger partial charge in [-0.15, -0.1) is 0 Å². The Kier molecular flexibility index (Phi) is 4.22. The molecule has 1 N–H and O–H groups in total. The van der Waals surface area contributed by atoms with Gasteiger partial charge in [-0.25, -0.2) is 0 Å². The molecule has 1 heterocycles. The molecule has 0 saturated heterocycles. The van der Waals surface area contributed by atoms with Gasteiger partial charge in [0.25, 0.3) is 5.91 Å². The van der Waals surface area contributed by atoms with E-state index in [1.165, 1.54) is 0 Å². The van der Waals surface area contributed by atoms with Crippen molar-refractivity contribution in [2.24, 2.45) is 5.92 Å². The van der Waals surface area contributed by atoms with E-state index in [1.807, 2.05) is 61.5 Å². The van der Waals surface area contributed by atoms with Gasteiger partial charge in [-0.1, -0.05) is 18.2 Å². The van der Waals surface area contributed by atoms with Crippen LogP contribution in [0.3, 0.4) is 0 Å².